The van der Waals surface area contributed by atoms with E-state index in [1.807, 2.05) is 0 Å². The van der Waals surface area contributed by atoms with Gasteiger partial charge in [0.15, 0.2) is 5.72 Å². The van der Waals surface area contributed by atoms with Crippen molar-refractivity contribution in [2.45, 2.75) is 31.4 Å². The first-order valence-electron chi connectivity index (χ1n) is 10.2. The number of nitrogens with one attached hydrogen (secondary N) is 2. The zero-order valence-corrected chi connectivity index (χ0v) is 16.4. The maximum absolute atomic E-state index is 13.1. The largest absolute Gasteiger partial charge is 0.497 e. The van der Waals surface area contributed by atoms with Crippen LogP contribution in [-0.4, -0.2) is 55.1 Å². The summed E-state index contributed by atoms with van der Waals surface area (Å²) in [6, 6.07) is 5.22. The molecule has 8 nitrogen and oxygen atoms in total. The number of carbonyl (C=O) groups is 3. The molecule has 29 heavy (non-hydrogen) atoms. The van der Waals surface area contributed by atoms with E-state index in [0.29, 0.717) is 43.0 Å². The summed E-state index contributed by atoms with van der Waals surface area (Å²) in [5.41, 5.74) is -0.264. The van der Waals surface area contributed by atoms with Gasteiger partial charge in [-0.25, -0.2) is 0 Å². The van der Waals surface area contributed by atoms with E-state index in [1.165, 1.54) is 0 Å². The first kappa shape index (κ1) is 18.3. The molecule has 0 aromatic heterocycles. The molecule has 4 fully saturated rings. The number of amides is 3. The SMILES string of the molecule is COc1ccc2c(c1)O[C@@]1(C[C@H]3CC[C@@H]1C[C@@H]3C(=O)N1CCNC(=O)C1)NC2=O. The summed E-state index contributed by atoms with van der Waals surface area (Å²) in [4.78, 5) is 39.3. The van der Waals surface area contributed by atoms with E-state index in [1.54, 1.807) is 30.2 Å². The van der Waals surface area contributed by atoms with Crippen LogP contribution in [0.5, 0.6) is 11.5 Å². The molecule has 1 saturated heterocycles. The Bertz CT molecular complexity index is 887. The van der Waals surface area contributed by atoms with Crippen molar-refractivity contribution in [2.24, 2.45) is 17.8 Å². The Kier molecular flexibility index (Phi) is 4.18. The Labute approximate surface area is 168 Å². The average molecular weight is 399 g/mol. The molecular formula is C21H25N3O5. The van der Waals surface area contributed by atoms with E-state index in [-0.39, 0.29) is 42.0 Å². The Hall–Kier alpha value is -2.77. The highest BCUT2D eigenvalue weighted by molar-refractivity contribution is 5.98. The lowest BCUT2D eigenvalue weighted by Crippen LogP contribution is -2.67. The minimum absolute atomic E-state index is 0.0587. The van der Waals surface area contributed by atoms with E-state index in [0.717, 1.165) is 12.8 Å². The van der Waals surface area contributed by atoms with Crippen LogP contribution in [0.2, 0.25) is 0 Å². The number of rotatable bonds is 2. The number of ether oxygens (including phenoxy) is 2. The predicted octanol–water partition coefficient (Wildman–Crippen LogP) is 0.908. The maximum atomic E-state index is 13.1. The lowest BCUT2D eigenvalue weighted by atomic mass is 9.59. The van der Waals surface area contributed by atoms with Gasteiger partial charge in [-0.2, -0.15) is 0 Å². The fraction of sp³-hybridized carbons (Fsp3) is 0.571. The zero-order valence-electron chi connectivity index (χ0n) is 16.4. The van der Waals surface area contributed by atoms with Crippen molar-refractivity contribution in [3.8, 4) is 11.5 Å². The lowest BCUT2D eigenvalue weighted by Gasteiger charge is -2.55. The highest BCUT2D eigenvalue weighted by atomic mass is 16.5. The lowest BCUT2D eigenvalue weighted by molar-refractivity contribution is -0.158. The quantitative estimate of drug-likeness (QED) is 0.771. The molecule has 3 amide bonds. The third-order valence-corrected chi connectivity index (χ3v) is 6.94. The van der Waals surface area contributed by atoms with Crippen molar-refractivity contribution in [2.75, 3.05) is 26.7 Å². The van der Waals surface area contributed by atoms with Gasteiger partial charge < -0.3 is 25.0 Å². The summed E-state index contributed by atoms with van der Waals surface area (Å²) in [5.74, 6) is 1.08. The first-order chi connectivity index (χ1) is 14.0. The monoisotopic (exact) mass is 399 g/mol. The molecule has 5 aliphatic rings. The summed E-state index contributed by atoms with van der Waals surface area (Å²) < 4.78 is 11.7. The van der Waals surface area contributed by atoms with Gasteiger partial charge in [-0.15, -0.1) is 0 Å². The first-order valence-corrected chi connectivity index (χ1v) is 10.2. The van der Waals surface area contributed by atoms with Gasteiger partial charge in [-0.1, -0.05) is 0 Å². The number of hydrogen-bond acceptors (Lipinski definition) is 5. The molecule has 6 rings (SSSR count). The highest BCUT2D eigenvalue weighted by Crippen LogP contribution is 2.53. The van der Waals surface area contributed by atoms with Gasteiger partial charge in [-0.05, 0) is 37.3 Å². The fourth-order valence-electron chi connectivity index (χ4n) is 5.48. The maximum Gasteiger partial charge on any atom is 0.258 e. The van der Waals surface area contributed by atoms with E-state index < -0.39 is 5.72 Å². The molecular weight excluding hydrogens is 374 g/mol. The zero-order chi connectivity index (χ0) is 20.2. The van der Waals surface area contributed by atoms with E-state index in [4.69, 9.17) is 9.47 Å². The van der Waals surface area contributed by atoms with Crippen LogP contribution in [0.25, 0.3) is 0 Å². The Morgan fingerprint density at radius 2 is 2.17 bits per heavy atom. The van der Waals surface area contributed by atoms with Crippen LogP contribution >= 0.6 is 0 Å². The topological polar surface area (TPSA) is 97.0 Å². The number of carbonyl (C=O) groups excluding carboxylic acids is 3. The van der Waals surface area contributed by atoms with Crippen LogP contribution in [0.1, 0.15) is 36.0 Å². The van der Waals surface area contributed by atoms with E-state index in [2.05, 4.69) is 10.6 Å². The fourth-order valence-corrected chi connectivity index (χ4v) is 5.48. The summed E-state index contributed by atoms with van der Waals surface area (Å²) in [6.07, 6.45) is 3.12. The molecule has 2 aliphatic heterocycles. The van der Waals surface area contributed by atoms with Crippen molar-refractivity contribution >= 4 is 17.7 Å². The average Bonchev–Trinajstić information content (AvgIpc) is 2.73. The number of fused-ring (bicyclic) bond motifs is 3. The normalized spacial score (nSPS) is 32.9. The van der Waals surface area contributed by atoms with Gasteiger partial charge in [0, 0.05) is 37.4 Å². The van der Waals surface area contributed by atoms with Crippen molar-refractivity contribution in [3.05, 3.63) is 23.8 Å². The molecule has 4 atom stereocenters. The summed E-state index contributed by atoms with van der Waals surface area (Å²) in [6.45, 7) is 1.20. The molecule has 3 aliphatic carbocycles. The molecule has 2 N–H and O–H groups in total. The minimum atomic E-state index is -0.768. The van der Waals surface area contributed by atoms with Crippen LogP contribution in [0, 0.1) is 17.8 Å². The van der Waals surface area contributed by atoms with Crippen molar-refractivity contribution in [1.29, 1.82) is 0 Å². The molecule has 8 heteroatoms. The second-order valence-corrected chi connectivity index (χ2v) is 8.50. The van der Waals surface area contributed by atoms with E-state index >= 15 is 0 Å². The number of hydrogen-bond donors (Lipinski definition) is 2. The predicted molar refractivity (Wildman–Crippen MR) is 102 cm³/mol. The Morgan fingerprint density at radius 3 is 2.90 bits per heavy atom. The van der Waals surface area contributed by atoms with Crippen molar-refractivity contribution < 1.29 is 23.9 Å². The van der Waals surface area contributed by atoms with Crippen LogP contribution < -0.4 is 20.1 Å². The molecule has 154 valence electrons. The standard InChI is InChI=1S/C21H25N3O5/c1-28-14-4-5-15-17(9-14)29-21(23-19(15)26)10-12-2-3-13(21)8-16(12)20(27)24-7-6-22-18(25)11-24/h4-5,9,12-13,16H,2-3,6-8,10-11H2,1H3,(H,22,25)(H,23,26)/t12-,13-,16+,21-/m1/s1. The molecule has 0 radical (unpaired) electrons. The Balaban J connectivity index is 1.38. The highest BCUT2D eigenvalue weighted by Gasteiger charge is 2.57. The van der Waals surface area contributed by atoms with Crippen LogP contribution in [0.3, 0.4) is 0 Å². The van der Waals surface area contributed by atoms with Gasteiger partial charge in [0.1, 0.15) is 11.5 Å². The molecule has 1 aromatic carbocycles. The molecule has 2 heterocycles. The number of piperazine rings is 1. The van der Waals surface area contributed by atoms with Gasteiger partial charge >= 0.3 is 0 Å². The van der Waals surface area contributed by atoms with Crippen LogP contribution in [-0.2, 0) is 9.59 Å². The van der Waals surface area contributed by atoms with E-state index in [9.17, 15) is 14.4 Å². The van der Waals surface area contributed by atoms with Gasteiger partial charge in [0.05, 0.1) is 19.2 Å². The second-order valence-electron chi connectivity index (χ2n) is 8.50. The third-order valence-electron chi connectivity index (χ3n) is 6.94. The molecule has 1 aromatic rings. The van der Waals surface area contributed by atoms with Gasteiger partial charge in [-0.3, -0.25) is 14.4 Å². The molecule has 3 saturated carbocycles. The van der Waals surface area contributed by atoms with Gasteiger partial charge in [0.25, 0.3) is 5.91 Å². The summed E-state index contributed by atoms with van der Waals surface area (Å²) in [7, 11) is 1.58. The smallest absolute Gasteiger partial charge is 0.258 e. The number of benzene rings is 1. The number of methoxy groups -OCH3 is 1. The summed E-state index contributed by atoms with van der Waals surface area (Å²) >= 11 is 0. The second kappa shape index (κ2) is 6.64. The third kappa shape index (κ3) is 2.92. The summed E-state index contributed by atoms with van der Waals surface area (Å²) in [5, 5.41) is 5.88. The van der Waals surface area contributed by atoms with Crippen LogP contribution in [0.15, 0.2) is 18.2 Å². The van der Waals surface area contributed by atoms with Crippen molar-refractivity contribution in [1.82, 2.24) is 15.5 Å². The minimum Gasteiger partial charge on any atom is -0.497 e. The molecule has 0 unspecified atom stereocenters. The van der Waals surface area contributed by atoms with Crippen molar-refractivity contribution in [3.63, 3.8) is 0 Å². The number of nitrogens with zero attached hydrogens (tertiary/aromatic N) is 1. The van der Waals surface area contributed by atoms with Crippen LogP contribution in [0.4, 0.5) is 0 Å². The van der Waals surface area contributed by atoms with Gasteiger partial charge in [0.2, 0.25) is 11.8 Å². The molecule has 1 spiro atoms. The molecule has 2 bridgehead atoms. The Morgan fingerprint density at radius 1 is 1.31 bits per heavy atom.